The third-order valence-corrected chi connectivity index (χ3v) is 5.69. The van der Waals surface area contributed by atoms with Gasteiger partial charge in [0.05, 0.1) is 12.2 Å². The monoisotopic (exact) mass is 375 g/mol. The summed E-state index contributed by atoms with van der Waals surface area (Å²) < 4.78 is 1.98. The molecule has 142 valence electrons. The lowest BCUT2D eigenvalue weighted by atomic mass is 10.2. The summed E-state index contributed by atoms with van der Waals surface area (Å²) in [5.41, 5.74) is 1.16. The van der Waals surface area contributed by atoms with Crippen LogP contribution in [0.1, 0.15) is 67.8 Å². The first-order valence-electron chi connectivity index (χ1n) is 9.37. The smallest absolute Gasteiger partial charge is 0.192 e. The van der Waals surface area contributed by atoms with Crippen molar-refractivity contribution in [1.82, 2.24) is 30.4 Å². The molecule has 1 aliphatic rings. The van der Waals surface area contributed by atoms with Crippen LogP contribution in [-0.2, 0) is 20.1 Å². The van der Waals surface area contributed by atoms with Crippen LogP contribution in [0.2, 0.25) is 0 Å². The SMILES string of the molecule is Cc1nnc(CN=C(NCc2nc(C(C)C)cs2)NC2CCCC2)n1C. The second kappa shape index (κ2) is 8.62. The molecule has 0 bridgehead atoms. The number of hydrogen-bond acceptors (Lipinski definition) is 5. The van der Waals surface area contributed by atoms with E-state index in [1.165, 1.54) is 25.7 Å². The Kier molecular flexibility index (Phi) is 6.24. The molecule has 2 aromatic rings. The molecule has 1 aliphatic carbocycles. The molecule has 1 saturated carbocycles. The van der Waals surface area contributed by atoms with E-state index in [9.17, 15) is 0 Å². The van der Waals surface area contributed by atoms with Crippen LogP contribution in [0.25, 0.3) is 0 Å². The molecule has 0 spiro atoms. The summed E-state index contributed by atoms with van der Waals surface area (Å²) in [6, 6.07) is 0.505. The molecule has 8 heteroatoms. The number of nitrogens with zero attached hydrogens (tertiary/aromatic N) is 5. The Bertz CT molecular complexity index is 741. The minimum atomic E-state index is 0.462. The molecule has 0 radical (unpaired) electrons. The molecule has 2 aromatic heterocycles. The van der Waals surface area contributed by atoms with Crippen molar-refractivity contribution in [1.29, 1.82) is 0 Å². The second-order valence-electron chi connectivity index (χ2n) is 7.19. The standard InChI is InChI=1S/C18H29N7S/c1-12(2)15-11-26-17(22-15)10-20-18(21-14-7-5-6-8-14)19-9-16-24-23-13(3)25(16)4/h11-12,14H,5-10H2,1-4H3,(H2,19,20,21). The molecule has 0 amide bonds. The molecule has 1 fully saturated rings. The highest BCUT2D eigenvalue weighted by Crippen LogP contribution is 2.19. The molecule has 26 heavy (non-hydrogen) atoms. The van der Waals surface area contributed by atoms with Crippen molar-refractivity contribution in [2.24, 2.45) is 12.0 Å². The third-order valence-electron chi connectivity index (χ3n) is 4.83. The number of thiazole rings is 1. The summed E-state index contributed by atoms with van der Waals surface area (Å²) in [7, 11) is 1.97. The minimum Gasteiger partial charge on any atom is -0.354 e. The lowest BCUT2D eigenvalue weighted by Gasteiger charge is -2.17. The Labute approximate surface area is 159 Å². The van der Waals surface area contributed by atoms with Gasteiger partial charge in [0.25, 0.3) is 0 Å². The second-order valence-corrected chi connectivity index (χ2v) is 8.13. The molecular weight excluding hydrogens is 346 g/mol. The van der Waals surface area contributed by atoms with Gasteiger partial charge in [-0.25, -0.2) is 9.98 Å². The van der Waals surface area contributed by atoms with Crippen molar-refractivity contribution >= 4 is 17.3 Å². The van der Waals surface area contributed by atoms with Gasteiger partial charge in [0, 0.05) is 18.5 Å². The highest BCUT2D eigenvalue weighted by molar-refractivity contribution is 7.09. The van der Waals surface area contributed by atoms with Gasteiger partial charge in [0.1, 0.15) is 17.4 Å². The molecule has 0 unspecified atom stereocenters. The Morgan fingerprint density at radius 1 is 1.35 bits per heavy atom. The number of hydrogen-bond donors (Lipinski definition) is 2. The van der Waals surface area contributed by atoms with Gasteiger partial charge in [-0.05, 0) is 25.7 Å². The average molecular weight is 376 g/mol. The quantitative estimate of drug-likeness (QED) is 0.599. The number of guanidine groups is 1. The number of nitrogens with one attached hydrogen (secondary N) is 2. The Morgan fingerprint density at radius 2 is 2.12 bits per heavy atom. The lowest BCUT2D eigenvalue weighted by Crippen LogP contribution is -2.42. The van der Waals surface area contributed by atoms with Gasteiger partial charge in [-0.3, -0.25) is 0 Å². The topological polar surface area (TPSA) is 80.0 Å². The van der Waals surface area contributed by atoms with Crippen LogP contribution >= 0.6 is 11.3 Å². The fourth-order valence-corrected chi connectivity index (χ4v) is 3.88. The Balaban J connectivity index is 1.65. The van der Waals surface area contributed by atoms with E-state index < -0.39 is 0 Å². The predicted octanol–water partition coefficient (Wildman–Crippen LogP) is 2.88. The molecule has 2 N–H and O–H groups in total. The van der Waals surface area contributed by atoms with Crippen LogP contribution in [-0.4, -0.2) is 31.7 Å². The minimum absolute atomic E-state index is 0.462. The van der Waals surface area contributed by atoms with E-state index in [2.05, 4.69) is 40.1 Å². The summed E-state index contributed by atoms with van der Waals surface area (Å²) in [4.78, 5) is 9.43. The summed E-state index contributed by atoms with van der Waals surface area (Å²) in [5, 5.41) is 18.5. The van der Waals surface area contributed by atoms with E-state index in [-0.39, 0.29) is 0 Å². The first kappa shape index (κ1) is 18.8. The maximum atomic E-state index is 4.74. The summed E-state index contributed by atoms with van der Waals surface area (Å²) in [5.74, 6) is 3.06. The lowest BCUT2D eigenvalue weighted by molar-refractivity contribution is 0.609. The fraction of sp³-hybridized carbons (Fsp3) is 0.667. The van der Waals surface area contributed by atoms with E-state index in [1.54, 1.807) is 11.3 Å². The van der Waals surface area contributed by atoms with Crippen LogP contribution < -0.4 is 10.6 Å². The summed E-state index contributed by atoms with van der Waals surface area (Å²) in [6.45, 7) is 7.49. The zero-order valence-corrected chi connectivity index (χ0v) is 16.9. The predicted molar refractivity (Wildman–Crippen MR) is 105 cm³/mol. The largest absolute Gasteiger partial charge is 0.354 e. The van der Waals surface area contributed by atoms with Crippen LogP contribution in [0.4, 0.5) is 0 Å². The van der Waals surface area contributed by atoms with Gasteiger partial charge >= 0.3 is 0 Å². The van der Waals surface area contributed by atoms with Crippen molar-refractivity contribution in [2.45, 2.75) is 71.5 Å². The first-order chi connectivity index (χ1) is 12.5. The Morgan fingerprint density at radius 3 is 2.73 bits per heavy atom. The fourth-order valence-electron chi connectivity index (χ4n) is 2.99. The van der Waals surface area contributed by atoms with Gasteiger partial charge in [-0.2, -0.15) is 0 Å². The molecule has 2 heterocycles. The van der Waals surface area contributed by atoms with Gasteiger partial charge in [-0.1, -0.05) is 26.7 Å². The highest BCUT2D eigenvalue weighted by atomic mass is 32.1. The summed E-state index contributed by atoms with van der Waals surface area (Å²) in [6.07, 6.45) is 4.99. The van der Waals surface area contributed by atoms with E-state index in [4.69, 9.17) is 9.98 Å². The van der Waals surface area contributed by atoms with Crippen molar-refractivity contribution < 1.29 is 0 Å². The number of aliphatic imine (C=N–C) groups is 1. The van der Waals surface area contributed by atoms with Gasteiger partial charge in [0.2, 0.25) is 0 Å². The van der Waals surface area contributed by atoms with Crippen molar-refractivity contribution in [3.8, 4) is 0 Å². The molecule has 3 rings (SSSR count). The van der Waals surface area contributed by atoms with Crippen molar-refractivity contribution in [2.75, 3.05) is 0 Å². The highest BCUT2D eigenvalue weighted by Gasteiger charge is 2.17. The van der Waals surface area contributed by atoms with Gasteiger partial charge in [0.15, 0.2) is 11.8 Å². The van der Waals surface area contributed by atoms with Crippen LogP contribution in [0, 0.1) is 6.92 Å². The van der Waals surface area contributed by atoms with Gasteiger partial charge in [-0.15, -0.1) is 21.5 Å². The first-order valence-corrected chi connectivity index (χ1v) is 10.2. The molecule has 0 aromatic carbocycles. The molecule has 0 aliphatic heterocycles. The molecule has 0 saturated heterocycles. The molecule has 7 nitrogen and oxygen atoms in total. The number of rotatable bonds is 6. The van der Waals surface area contributed by atoms with E-state index in [0.717, 1.165) is 28.3 Å². The number of aryl methyl sites for hydroxylation is 1. The number of aromatic nitrogens is 4. The average Bonchev–Trinajstić information content (AvgIpc) is 3.35. The zero-order chi connectivity index (χ0) is 18.5. The van der Waals surface area contributed by atoms with Crippen LogP contribution in [0.3, 0.4) is 0 Å². The van der Waals surface area contributed by atoms with E-state index in [1.807, 2.05) is 18.5 Å². The summed E-state index contributed by atoms with van der Waals surface area (Å²) >= 11 is 1.70. The van der Waals surface area contributed by atoms with Crippen LogP contribution in [0.15, 0.2) is 10.4 Å². The van der Waals surface area contributed by atoms with Gasteiger partial charge < -0.3 is 15.2 Å². The van der Waals surface area contributed by atoms with E-state index in [0.29, 0.717) is 25.0 Å². The molecular formula is C18H29N7S. The normalized spacial score (nSPS) is 15.8. The van der Waals surface area contributed by atoms with E-state index >= 15 is 0 Å². The molecule has 0 atom stereocenters. The van der Waals surface area contributed by atoms with Crippen LogP contribution in [0.5, 0.6) is 0 Å². The Hall–Kier alpha value is -1.96. The van der Waals surface area contributed by atoms with Crippen molar-refractivity contribution in [3.63, 3.8) is 0 Å². The van der Waals surface area contributed by atoms with Crippen molar-refractivity contribution in [3.05, 3.63) is 27.7 Å². The zero-order valence-electron chi connectivity index (χ0n) is 16.1. The third kappa shape index (κ3) is 4.81. The maximum absolute atomic E-state index is 4.74. The maximum Gasteiger partial charge on any atom is 0.192 e.